The molecule has 2 amide bonds. The zero-order valence-corrected chi connectivity index (χ0v) is 10.2. The predicted molar refractivity (Wildman–Crippen MR) is 62.8 cm³/mol. The normalized spacial score (nSPS) is 25.9. The molecule has 1 fully saturated rings. The molecular weight excluding hydrogens is 204 g/mol. The maximum atomic E-state index is 12.1. The maximum Gasteiger partial charge on any atom is 0.246 e. The minimum Gasteiger partial charge on any atom is -0.342 e. The lowest BCUT2D eigenvalue weighted by Gasteiger charge is -2.39. The average molecular weight is 224 g/mol. The van der Waals surface area contributed by atoms with Crippen molar-refractivity contribution in [3.63, 3.8) is 0 Å². The van der Waals surface area contributed by atoms with Gasteiger partial charge < -0.3 is 10.2 Å². The Morgan fingerprint density at radius 3 is 2.56 bits per heavy atom. The van der Waals surface area contributed by atoms with E-state index in [9.17, 15) is 9.59 Å². The Bertz CT molecular complexity index is 299. The molecule has 0 aliphatic carbocycles. The number of amides is 2. The minimum atomic E-state index is -0.393. The number of piperazine rings is 1. The molecule has 2 unspecified atom stereocenters. The number of hydrogen-bond acceptors (Lipinski definition) is 2. The van der Waals surface area contributed by atoms with Crippen molar-refractivity contribution in [2.45, 2.75) is 39.3 Å². The van der Waals surface area contributed by atoms with E-state index < -0.39 is 6.04 Å². The Kier molecular flexibility index (Phi) is 4.10. The molecule has 0 radical (unpaired) electrons. The molecule has 0 bridgehead atoms. The Morgan fingerprint density at radius 1 is 1.50 bits per heavy atom. The van der Waals surface area contributed by atoms with E-state index in [4.69, 9.17) is 0 Å². The van der Waals surface area contributed by atoms with Gasteiger partial charge in [0.15, 0.2) is 0 Å². The summed E-state index contributed by atoms with van der Waals surface area (Å²) in [7, 11) is 0. The molecule has 1 heterocycles. The fourth-order valence-electron chi connectivity index (χ4n) is 2.00. The standard InChI is InChI=1S/C12H20N2O2/c1-5-7-14-9(6-2)11(15)13-10(8(3)4)12(14)16/h5,8-10H,1,6-7H2,2-4H3,(H,13,15). The summed E-state index contributed by atoms with van der Waals surface area (Å²) in [6.45, 7) is 9.84. The number of nitrogens with zero attached hydrogens (tertiary/aromatic N) is 1. The number of nitrogens with one attached hydrogen (secondary N) is 1. The summed E-state index contributed by atoms with van der Waals surface area (Å²) in [5.41, 5.74) is 0. The summed E-state index contributed by atoms with van der Waals surface area (Å²) < 4.78 is 0. The molecule has 0 aromatic rings. The molecule has 4 heteroatoms. The van der Waals surface area contributed by atoms with Gasteiger partial charge in [-0.15, -0.1) is 6.58 Å². The van der Waals surface area contributed by atoms with E-state index in [1.807, 2.05) is 20.8 Å². The van der Waals surface area contributed by atoms with Crippen molar-refractivity contribution < 1.29 is 9.59 Å². The first-order valence-corrected chi connectivity index (χ1v) is 5.74. The van der Waals surface area contributed by atoms with Crippen molar-refractivity contribution in [1.29, 1.82) is 0 Å². The van der Waals surface area contributed by atoms with Crippen LogP contribution in [0.4, 0.5) is 0 Å². The van der Waals surface area contributed by atoms with E-state index in [1.165, 1.54) is 0 Å². The third-order valence-corrected chi connectivity index (χ3v) is 2.90. The molecule has 1 aliphatic rings. The highest BCUT2D eigenvalue weighted by molar-refractivity contribution is 5.97. The van der Waals surface area contributed by atoms with Gasteiger partial charge >= 0.3 is 0 Å². The molecule has 90 valence electrons. The summed E-state index contributed by atoms with van der Waals surface area (Å²) >= 11 is 0. The van der Waals surface area contributed by atoms with Gasteiger partial charge in [0, 0.05) is 6.54 Å². The van der Waals surface area contributed by atoms with Gasteiger partial charge in [0.25, 0.3) is 0 Å². The van der Waals surface area contributed by atoms with Gasteiger partial charge in [-0.25, -0.2) is 0 Å². The van der Waals surface area contributed by atoms with Crippen molar-refractivity contribution in [2.75, 3.05) is 6.54 Å². The van der Waals surface area contributed by atoms with Crippen LogP contribution in [0.5, 0.6) is 0 Å². The van der Waals surface area contributed by atoms with Crippen LogP contribution in [0.1, 0.15) is 27.2 Å². The van der Waals surface area contributed by atoms with Crippen molar-refractivity contribution in [3.8, 4) is 0 Å². The third-order valence-electron chi connectivity index (χ3n) is 2.90. The highest BCUT2D eigenvalue weighted by Gasteiger charge is 2.39. The summed E-state index contributed by atoms with van der Waals surface area (Å²) in [6.07, 6.45) is 2.30. The minimum absolute atomic E-state index is 0.00125. The molecule has 1 N–H and O–H groups in total. The number of carbonyl (C=O) groups is 2. The first kappa shape index (κ1) is 12.7. The predicted octanol–water partition coefficient (Wildman–Crippen LogP) is 0.934. The van der Waals surface area contributed by atoms with Crippen molar-refractivity contribution in [2.24, 2.45) is 5.92 Å². The lowest BCUT2D eigenvalue weighted by Crippen LogP contribution is -2.64. The van der Waals surface area contributed by atoms with Gasteiger partial charge in [-0.1, -0.05) is 26.8 Å². The molecule has 16 heavy (non-hydrogen) atoms. The van der Waals surface area contributed by atoms with Crippen LogP contribution in [0.15, 0.2) is 12.7 Å². The molecule has 2 atom stereocenters. The van der Waals surface area contributed by atoms with Gasteiger partial charge in [0.2, 0.25) is 11.8 Å². The van der Waals surface area contributed by atoms with Crippen LogP contribution in [0.3, 0.4) is 0 Å². The van der Waals surface area contributed by atoms with E-state index in [1.54, 1.807) is 11.0 Å². The van der Waals surface area contributed by atoms with Gasteiger partial charge in [-0.05, 0) is 12.3 Å². The van der Waals surface area contributed by atoms with Crippen molar-refractivity contribution in [1.82, 2.24) is 10.2 Å². The van der Waals surface area contributed by atoms with Gasteiger partial charge in [-0.3, -0.25) is 9.59 Å². The summed E-state index contributed by atoms with van der Waals surface area (Å²) in [4.78, 5) is 25.6. The van der Waals surface area contributed by atoms with E-state index in [0.717, 1.165) is 0 Å². The molecule has 0 aromatic carbocycles. The van der Waals surface area contributed by atoms with Gasteiger partial charge in [-0.2, -0.15) is 0 Å². The second-order valence-corrected chi connectivity index (χ2v) is 4.43. The van der Waals surface area contributed by atoms with Crippen LogP contribution < -0.4 is 5.32 Å². The number of hydrogen-bond donors (Lipinski definition) is 1. The first-order chi connectivity index (χ1) is 7.52. The zero-order chi connectivity index (χ0) is 12.3. The Hall–Kier alpha value is -1.32. The molecule has 1 rings (SSSR count). The van der Waals surface area contributed by atoms with Gasteiger partial charge in [0.05, 0.1) is 0 Å². The zero-order valence-electron chi connectivity index (χ0n) is 10.2. The topological polar surface area (TPSA) is 49.4 Å². The summed E-state index contributed by atoms with van der Waals surface area (Å²) in [5, 5.41) is 2.79. The fraction of sp³-hybridized carbons (Fsp3) is 0.667. The Morgan fingerprint density at radius 2 is 2.12 bits per heavy atom. The van der Waals surface area contributed by atoms with Crippen LogP contribution in [-0.4, -0.2) is 35.3 Å². The number of rotatable bonds is 4. The van der Waals surface area contributed by atoms with Crippen molar-refractivity contribution >= 4 is 11.8 Å². The van der Waals surface area contributed by atoms with E-state index in [0.29, 0.717) is 13.0 Å². The molecule has 4 nitrogen and oxygen atoms in total. The molecule has 1 saturated heterocycles. The van der Waals surface area contributed by atoms with Gasteiger partial charge in [0.1, 0.15) is 12.1 Å². The van der Waals surface area contributed by atoms with Crippen LogP contribution in [0, 0.1) is 5.92 Å². The third kappa shape index (κ3) is 2.26. The highest BCUT2D eigenvalue weighted by atomic mass is 16.2. The maximum absolute atomic E-state index is 12.1. The Balaban J connectivity index is 2.93. The summed E-state index contributed by atoms with van der Waals surface area (Å²) in [5.74, 6) is 0.0607. The monoisotopic (exact) mass is 224 g/mol. The second kappa shape index (κ2) is 5.14. The van der Waals surface area contributed by atoms with Crippen molar-refractivity contribution in [3.05, 3.63) is 12.7 Å². The second-order valence-electron chi connectivity index (χ2n) is 4.43. The molecule has 1 aliphatic heterocycles. The average Bonchev–Trinajstić information content (AvgIpc) is 2.23. The summed E-state index contributed by atoms with van der Waals surface area (Å²) in [6, 6.07) is -0.740. The largest absolute Gasteiger partial charge is 0.342 e. The number of carbonyl (C=O) groups excluding carboxylic acids is 2. The SMILES string of the molecule is C=CCN1C(=O)C(C(C)C)NC(=O)C1CC. The molecule has 0 aromatic heterocycles. The lowest BCUT2D eigenvalue weighted by atomic mass is 9.97. The quantitative estimate of drug-likeness (QED) is 0.722. The molecule has 0 saturated carbocycles. The van der Waals surface area contributed by atoms with E-state index in [2.05, 4.69) is 11.9 Å². The smallest absolute Gasteiger partial charge is 0.246 e. The molecule has 0 spiro atoms. The van der Waals surface area contributed by atoms with Crippen LogP contribution in [0.25, 0.3) is 0 Å². The lowest BCUT2D eigenvalue weighted by molar-refractivity contribution is -0.150. The van der Waals surface area contributed by atoms with E-state index in [-0.39, 0.29) is 23.8 Å². The molecular formula is C12H20N2O2. The fourth-order valence-corrected chi connectivity index (χ4v) is 2.00. The van der Waals surface area contributed by atoms with Crippen LogP contribution in [-0.2, 0) is 9.59 Å². The van der Waals surface area contributed by atoms with E-state index >= 15 is 0 Å². The first-order valence-electron chi connectivity index (χ1n) is 5.74. The Labute approximate surface area is 96.7 Å². The van der Waals surface area contributed by atoms with Crippen LogP contribution >= 0.6 is 0 Å². The highest BCUT2D eigenvalue weighted by Crippen LogP contribution is 2.17. The van der Waals surface area contributed by atoms with Crippen LogP contribution in [0.2, 0.25) is 0 Å².